The van der Waals surface area contributed by atoms with E-state index in [1.54, 1.807) is 6.07 Å². The number of hydrogen-bond donors (Lipinski definition) is 2. The summed E-state index contributed by atoms with van der Waals surface area (Å²) in [6.07, 6.45) is 0. The highest BCUT2D eigenvalue weighted by Crippen LogP contribution is 2.29. The van der Waals surface area contributed by atoms with Gasteiger partial charge in [-0.25, -0.2) is 0 Å². The average molecular weight is 324 g/mol. The van der Waals surface area contributed by atoms with E-state index in [0.29, 0.717) is 11.4 Å². The molecular weight excluding hydrogens is 309 g/mol. The van der Waals surface area contributed by atoms with Crippen molar-refractivity contribution in [1.29, 1.82) is 0 Å². The minimum atomic E-state index is -0.356. The molecule has 6 heteroatoms. The third-order valence-corrected chi connectivity index (χ3v) is 3.72. The molecule has 1 amide bonds. The second kappa shape index (κ2) is 6.24. The number of carbonyl (C=O) groups is 1. The van der Waals surface area contributed by atoms with Gasteiger partial charge in [-0.05, 0) is 30.3 Å². The van der Waals surface area contributed by atoms with Crippen LogP contribution in [0.15, 0.2) is 36.4 Å². The van der Waals surface area contributed by atoms with Gasteiger partial charge in [0, 0.05) is 31.2 Å². The molecule has 0 aliphatic heterocycles. The molecule has 0 heterocycles. The van der Waals surface area contributed by atoms with Crippen LogP contribution in [0.4, 0.5) is 17.1 Å². The Morgan fingerprint density at radius 1 is 1.19 bits per heavy atom. The quantitative estimate of drug-likeness (QED) is 0.842. The molecule has 0 saturated heterocycles. The SMILES string of the molecule is CN(C)c1cccc(NC(=O)c2cc(N)cc(Cl)c2Cl)c1. The molecule has 0 radical (unpaired) electrons. The van der Waals surface area contributed by atoms with E-state index in [0.717, 1.165) is 5.69 Å². The van der Waals surface area contributed by atoms with E-state index in [1.165, 1.54) is 12.1 Å². The maximum Gasteiger partial charge on any atom is 0.257 e. The van der Waals surface area contributed by atoms with Crippen LogP contribution >= 0.6 is 23.2 Å². The van der Waals surface area contributed by atoms with Gasteiger partial charge in [-0.1, -0.05) is 29.3 Å². The van der Waals surface area contributed by atoms with Crippen molar-refractivity contribution in [2.24, 2.45) is 0 Å². The van der Waals surface area contributed by atoms with Crippen LogP contribution in [0.1, 0.15) is 10.4 Å². The molecule has 0 atom stereocenters. The number of nitrogens with zero attached hydrogens (tertiary/aromatic N) is 1. The number of hydrogen-bond acceptors (Lipinski definition) is 3. The molecule has 21 heavy (non-hydrogen) atoms. The summed E-state index contributed by atoms with van der Waals surface area (Å²) in [5, 5.41) is 3.23. The number of nitrogens with two attached hydrogens (primary N) is 1. The van der Waals surface area contributed by atoms with Crippen LogP contribution in [0.25, 0.3) is 0 Å². The first kappa shape index (κ1) is 15.5. The molecule has 2 aromatic carbocycles. The Bertz CT molecular complexity index is 687. The monoisotopic (exact) mass is 323 g/mol. The predicted octanol–water partition coefficient (Wildman–Crippen LogP) is 3.89. The van der Waals surface area contributed by atoms with Crippen LogP contribution in [0.3, 0.4) is 0 Å². The highest BCUT2D eigenvalue weighted by Gasteiger charge is 2.14. The van der Waals surface area contributed by atoms with Crippen LogP contribution in [-0.2, 0) is 0 Å². The largest absolute Gasteiger partial charge is 0.399 e. The predicted molar refractivity (Wildman–Crippen MR) is 89.6 cm³/mol. The van der Waals surface area contributed by atoms with Crippen molar-refractivity contribution >= 4 is 46.2 Å². The van der Waals surface area contributed by atoms with Gasteiger partial charge in [-0.15, -0.1) is 0 Å². The molecule has 3 N–H and O–H groups in total. The van der Waals surface area contributed by atoms with E-state index in [9.17, 15) is 4.79 Å². The molecule has 0 bridgehead atoms. The summed E-state index contributed by atoms with van der Waals surface area (Å²) in [5.74, 6) is -0.356. The molecule has 0 aliphatic rings. The lowest BCUT2D eigenvalue weighted by atomic mass is 10.1. The summed E-state index contributed by atoms with van der Waals surface area (Å²) >= 11 is 12.0. The van der Waals surface area contributed by atoms with E-state index in [4.69, 9.17) is 28.9 Å². The van der Waals surface area contributed by atoms with Crippen LogP contribution in [0, 0.1) is 0 Å². The molecule has 110 valence electrons. The Labute approximate surface area is 133 Å². The minimum absolute atomic E-state index is 0.187. The smallest absolute Gasteiger partial charge is 0.257 e. The summed E-state index contributed by atoms with van der Waals surface area (Å²) in [7, 11) is 3.85. The van der Waals surface area contributed by atoms with Crippen molar-refractivity contribution in [3.8, 4) is 0 Å². The second-order valence-electron chi connectivity index (χ2n) is 4.76. The highest BCUT2D eigenvalue weighted by atomic mass is 35.5. The van der Waals surface area contributed by atoms with Crippen molar-refractivity contribution in [3.63, 3.8) is 0 Å². The molecule has 4 nitrogen and oxygen atoms in total. The Morgan fingerprint density at radius 2 is 1.90 bits per heavy atom. The van der Waals surface area contributed by atoms with Crippen LogP contribution in [0.5, 0.6) is 0 Å². The number of carbonyl (C=O) groups excluding carboxylic acids is 1. The number of nitrogen functional groups attached to an aromatic ring is 1. The lowest BCUT2D eigenvalue weighted by Gasteiger charge is -2.14. The standard InChI is InChI=1S/C15H15Cl2N3O/c1-20(2)11-5-3-4-10(8-11)19-15(21)12-6-9(18)7-13(16)14(12)17/h3-8H,18H2,1-2H3,(H,19,21). The topological polar surface area (TPSA) is 58.4 Å². The third-order valence-electron chi connectivity index (χ3n) is 2.92. The van der Waals surface area contributed by atoms with Crippen molar-refractivity contribution in [3.05, 3.63) is 52.0 Å². The maximum atomic E-state index is 12.3. The van der Waals surface area contributed by atoms with E-state index in [1.807, 2.05) is 37.2 Å². The first-order valence-electron chi connectivity index (χ1n) is 6.21. The Morgan fingerprint density at radius 3 is 2.57 bits per heavy atom. The van der Waals surface area contributed by atoms with Gasteiger partial charge >= 0.3 is 0 Å². The van der Waals surface area contributed by atoms with Crippen LogP contribution in [0.2, 0.25) is 10.0 Å². The van der Waals surface area contributed by atoms with E-state index < -0.39 is 0 Å². The number of benzene rings is 2. The van der Waals surface area contributed by atoms with Crippen LogP contribution < -0.4 is 16.0 Å². The first-order chi connectivity index (χ1) is 9.88. The highest BCUT2D eigenvalue weighted by molar-refractivity contribution is 6.44. The lowest BCUT2D eigenvalue weighted by molar-refractivity contribution is 0.102. The molecule has 0 fully saturated rings. The van der Waals surface area contributed by atoms with Gasteiger partial charge in [0.15, 0.2) is 0 Å². The summed E-state index contributed by atoms with van der Waals surface area (Å²) in [5.41, 5.74) is 7.97. The van der Waals surface area contributed by atoms with Crippen molar-refractivity contribution in [2.45, 2.75) is 0 Å². The zero-order chi connectivity index (χ0) is 15.6. The second-order valence-corrected chi connectivity index (χ2v) is 5.55. The summed E-state index contributed by atoms with van der Waals surface area (Å²) in [6, 6.07) is 10.5. The maximum absolute atomic E-state index is 12.3. The van der Waals surface area contributed by atoms with Crippen molar-refractivity contribution in [1.82, 2.24) is 0 Å². The molecule has 0 aliphatic carbocycles. The van der Waals surface area contributed by atoms with Gasteiger partial charge in [-0.2, -0.15) is 0 Å². The van der Waals surface area contributed by atoms with Gasteiger partial charge in [0.05, 0.1) is 15.6 Å². The zero-order valence-electron chi connectivity index (χ0n) is 11.7. The van der Waals surface area contributed by atoms with Crippen LogP contribution in [-0.4, -0.2) is 20.0 Å². The van der Waals surface area contributed by atoms with Crippen molar-refractivity contribution in [2.75, 3.05) is 30.0 Å². The third kappa shape index (κ3) is 3.60. The Hall–Kier alpha value is -1.91. The number of rotatable bonds is 3. The average Bonchev–Trinajstić information content (AvgIpc) is 2.43. The zero-order valence-corrected chi connectivity index (χ0v) is 13.2. The van der Waals surface area contributed by atoms with Gasteiger partial charge in [0.2, 0.25) is 0 Å². The van der Waals surface area contributed by atoms with Crippen molar-refractivity contribution < 1.29 is 4.79 Å². The Balaban J connectivity index is 2.28. The number of halogens is 2. The number of nitrogens with one attached hydrogen (secondary N) is 1. The van der Waals surface area contributed by atoms with Gasteiger partial charge in [-0.3, -0.25) is 4.79 Å². The molecule has 0 unspecified atom stereocenters. The molecular formula is C15H15Cl2N3O. The first-order valence-corrected chi connectivity index (χ1v) is 6.97. The van der Waals surface area contributed by atoms with Gasteiger partial charge < -0.3 is 16.0 Å². The molecule has 2 rings (SSSR count). The summed E-state index contributed by atoms with van der Waals surface area (Å²) in [6.45, 7) is 0. The number of amides is 1. The van der Waals surface area contributed by atoms with Gasteiger partial charge in [0.25, 0.3) is 5.91 Å². The fourth-order valence-corrected chi connectivity index (χ4v) is 2.26. The molecule has 0 aromatic heterocycles. The fraction of sp³-hybridized carbons (Fsp3) is 0.133. The van der Waals surface area contributed by atoms with E-state index in [-0.39, 0.29) is 21.5 Å². The van der Waals surface area contributed by atoms with E-state index >= 15 is 0 Å². The minimum Gasteiger partial charge on any atom is -0.399 e. The molecule has 0 spiro atoms. The normalized spacial score (nSPS) is 10.3. The Kier molecular flexibility index (Phi) is 4.60. The summed E-state index contributed by atoms with van der Waals surface area (Å²) < 4.78 is 0. The molecule has 0 saturated carbocycles. The fourth-order valence-electron chi connectivity index (χ4n) is 1.84. The summed E-state index contributed by atoms with van der Waals surface area (Å²) in [4.78, 5) is 14.2. The van der Waals surface area contributed by atoms with Gasteiger partial charge in [0.1, 0.15) is 0 Å². The van der Waals surface area contributed by atoms with E-state index in [2.05, 4.69) is 5.32 Å². The lowest BCUT2D eigenvalue weighted by Crippen LogP contribution is -2.14. The number of anilines is 3. The molecule has 2 aromatic rings.